The Morgan fingerprint density at radius 2 is 2.10 bits per heavy atom. The Bertz CT molecular complexity index is 581. The molecule has 106 valence electrons. The van der Waals surface area contributed by atoms with Crippen molar-refractivity contribution in [2.75, 3.05) is 31.1 Å². The molecule has 0 saturated carbocycles. The predicted octanol–water partition coefficient (Wildman–Crippen LogP) is 1.14. The molecule has 0 aromatic carbocycles. The first kappa shape index (κ1) is 13.3. The molecule has 20 heavy (non-hydrogen) atoms. The number of piperazine rings is 1. The van der Waals surface area contributed by atoms with Gasteiger partial charge in [0, 0.05) is 33.1 Å². The van der Waals surface area contributed by atoms with Gasteiger partial charge in [0.05, 0.1) is 12.7 Å². The lowest BCUT2D eigenvalue weighted by Gasteiger charge is -2.34. The van der Waals surface area contributed by atoms with Crippen molar-refractivity contribution < 1.29 is 4.52 Å². The van der Waals surface area contributed by atoms with E-state index < -0.39 is 0 Å². The molecule has 0 bridgehead atoms. The maximum Gasteiger partial charge on any atom is 0.223 e. The van der Waals surface area contributed by atoms with Crippen LogP contribution in [-0.2, 0) is 6.54 Å². The van der Waals surface area contributed by atoms with Crippen molar-refractivity contribution in [1.82, 2.24) is 25.0 Å². The van der Waals surface area contributed by atoms with Crippen molar-refractivity contribution in [2.45, 2.75) is 13.5 Å². The number of aryl methyl sites for hydroxylation is 1. The van der Waals surface area contributed by atoms with Gasteiger partial charge in [-0.1, -0.05) is 16.8 Å². The summed E-state index contributed by atoms with van der Waals surface area (Å²) in [5, 5.41) is 4.51. The lowest BCUT2D eigenvalue weighted by Crippen LogP contribution is -2.46. The van der Waals surface area contributed by atoms with E-state index in [0.717, 1.165) is 37.8 Å². The van der Waals surface area contributed by atoms with E-state index in [4.69, 9.17) is 16.1 Å². The van der Waals surface area contributed by atoms with Crippen LogP contribution in [0.2, 0.25) is 5.02 Å². The standard InChI is InChI=1S/C12H15ClN6O/c1-9-16-11(17-20-9)7-18-2-4-19(5-3-18)12-10(13)6-14-8-15-12/h6,8H,2-5,7H2,1H3. The van der Waals surface area contributed by atoms with Gasteiger partial charge < -0.3 is 9.42 Å². The first-order chi connectivity index (χ1) is 9.72. The first-order valence-electron chi connectivity index (χ1n) is 6.44. The smallest absolute Gasteiger partial charge is 0.223 e. The minimum Gasteiger partial charge on any atom is -0.353 e. The van der Waals surface area contributed by atoms with Crippen LogP contribution in [0.3, 0.4) is 0 Å². The van der Waals surface area contributed by atoms with Gasteiger partial charge in [0.25, 0.3) is 0 Å². The summed E-state index contributed by atoms with van der Waals surface area (Å²) in [6.07, 6.45) is 3.15. The van der Waals surface area contributed by atoms with Crippen molar-refractivity contribution in [3.63, 3.8) is 0 Å². The van der Waals surface area contributed by atoms with E-state index in [1.54, 1.807) is 13.1 Å². The predicted molar refractivity (Wildman–Crippen MR) is 73.6 cm³/mol. The zero-order chi connectivity index (χ0) is 13.9. The molecule has 3 heterocycles. The summed E-state index contributed by atoms with van der Waals surface area (Å²) in [5.74, 6) is 2.14. The van der Waals surface area contributed by atoms with Crippen LogP contribution in [0, 0.1) is 6.92 Å². The van der Waals surface area contributed by atoms with Crippen molar-refractivity contribution in [3.05, 3.63) is 29.3 Å². The Kier molecular flexibility index (Phi) is 3.79. The fourth-order valence-electron chi connectivity index (χ4n) is 2.26. The molecule has 1 aliphatic rings. The van der Waals surface area contributed by atoms with Crippen LogP contribution in [0.15, 0.2) is 17.0 Å². The number of hydrogen-bond acceptors (Lipinski definition) is 7. The average molecular weight is 295 g/mol. The Labute approximate surface area is 121 Å². The normalized spacial score (nSPS) is 16.6. The minimum absolute atomic E-state index is 0.592. The molecule has 1 aliphatic heterocycles. The number of halogens is 1. The lowest BCUT2D eigenvalue weighted by molar-refractivity contribution is 0.239. The first-order valence-corrected chi connectivity index (χ1v) is 6.82. The molecule has 0 radical (unpaired) electrons. The average Bonchev–Trinajstić information content (AvgIpc) is 2.86. The van der Waals surface area contributed by atoms with E-state index in [9.17, 15) is 0 Å². The molecule has 2 aromatic rings. The molecule has 0 spiro atoms. The van der Waals surface area contributed by atoms with Crippen molar-refractivity contribution in [1.29, 1.82) is 0 Å². The van der Waals surface area contributed by atoms with Gasteiger partial charge in [-0.3, -0.25) is 4.90 Å². The molecule has 7 nitrogen and oxygen atoms in total. The van der Waals surface area contributed by atoms with Gasteiger partial charge >= 0.3 is 0 Å². The van der Waals surface area contributed by atoms with Crippen LogP contribution >= 0.6 is 11.6 Å². The highest BCUT2D eigenvalue weighted by Crippen LogP contribution is 2.22. The lowest BCUT2D eigenvalue weighted by atomic mass is 10.3. The monoisotopic (exact) mass is 294 g/mol. The summed E-state index contributed by atoms with van der Waals surface area (Å²) < 4.78 is 4.98. The number of anilines is 1. The van der Waals surface area contributed by atoms with Crippen LogP contribution in [0.1, 0.15) is 11.7 Å². The SMILES string of the molecule is Cc1nc(CN2CCN(c3ncncc3Cl)CC2)no1. The van der Waals surface area contributed by atoms with Crippen LogP contribution in [0.25, 0.3) is 0 Å². The van der Waals surface area contributed by atoms with Gasteiger partial charge in [-0.2, -0.15) is 4.98 Å². The molecule has 1 fully saturated rings. The number of nitrogens with zero attached hydrogens (tertiary/aromatic N) is 6. The Hall–Kier alpha value is -1.73. The summed E-state index contributed by atoms with van der Waals surface area (Å²) in [4.78, 5) is 16.8. The van der Waals surface area contributed by atoms with E-state index in [1.165, 1.54) is 6.33 Å². The highest BCUT2D eigenvalue weighted by molar-refractivity contribution is 6.32. The van der Waals surface area contributed by atoms with Crippen molar-refractivity contribution >= 4 is 17.4 Å². The van der Waals surface area contributed by atoms with E-state index in [-0.39, 0.29) is 0 Å². The number of rotatable bonds is 3. The van der Waals surface area contributed by atoms with Gasteiger partial charge in [-0.15, -0.1) is 0 Å². The molecule has 2 aromatic heterocycles. The molecule has 0 atom stereocenters. The quantitative estimate of drug-likeness (QED) is 0.840. The summed E-state index contributed by atoms with van der Waals surface area (Å²) >= 11 is 6.11. The molecule has 0 amide bonds. The maximum absolute atomic E-state index is 6.11. The van der Waals surface area contributed by atoms with Crippen LogP contribution in [-0.4, -0.2) is 51.2 Å². The second-order valence-electron chi connectivity index (χ2n) is 4.69. The summed E-state index contributed by atoms with van der Waals surface area (Å²) in [6, 6.07) is 0. The third-order valence-electron chi connectivity index (χ3n) is 3.25. The third kappa shape index (κ3) is 2.88. The van der Waals surface area contributed by atoms with Crippen molar-refractivity contribution in [3.8, 4) is 0 Å². The fraction of sp³-hybridized carbons (Fsp3) is 0.500. The van der Waals surface area contributed by atoms with Gasteiger partial charge in [-0.05, 0) is 0 Å². The van der Waals surface area contributed by atoms with Crippen LogP contribution in [0.5, 0.6) is 0 Å². The van der Waals surface area contributed by atoms with Crippen molar-refractivity contribution in [2.24, 2.45) is 0 Å². The molecule has 0 N–H and O–H groups in total. The van der Waals surface area contributed by atoms with Crippen LogP contribution < -0.4 is 4.90 Å². The second-order valence-corrected chi connectivity index (χ2v) is 5.09. The fourth-order valence-corrected chi connectivity index (χ4v) is 2.49. The highest BCUT2D eigenvalue weighted by atomic mass is 35.5. The molecule has 0 aliphatic carbocycles. The summed E-state index contributed by atoms with van der Waals surface area (Å²) in [6.45, 7) is 6.07. The van der Waals surface area contributed by atoms with E-state index in [2.05, 4.69) is 29.9 Å². The number of aromatic nitrogens is 4. The highest BCUT2D eigenvalue weighted by Gasteiger charge is 2.21. The van der Waals surface area contributed by atoms with E-state index in [1.807, 2.05) is 0 Å². The van der Waals surface area contributed by atoms with Gasteiger partial charge in [0.2, 0.25) is 5.89 Å². The summed E-state index contributed by atoms with van der Waals surface area (Å²) in [7, 11) is 0. The number of hydrogen-bond donors (Lipinski definition) is 0. The third-order valence-corrected chi connectivity index (χ3v) is 3.52. The minimum atomic E-state index is 0.592. The summed E-state index contributed by atoms with van der Waals surface area (Å²) in [5.41, 5.74) is 0. The molecular formula is C12H15ClN6O. The Balaban J connectivity index is 1.58. The van der Waals surface area contributed by atoms with Gasteiger partial charge in [0.1, 0.15) is 11.3 Å². The molecule has 0 unspecified atom stereocenters. The molecule has 3 rings (SSSR count). The molecule has 8 heteroatoms. The molecule has 1 saturated heterocycles. The van der Waals surface area contributed by atoms with Gasteiger partial charge in [0.15, 0.2) is 11.6 Å². The van der Waals surface area contributed by atoms with Crippen LogP contribution in [0.4, 0.5) is 5.82 Å². The zero-order valence-corrected chi connectivity index (χ0v) is 11.9. The topological polar surface area (TPSA) is 71.2 Å². The maximum atomic E-state index is 6.11. The largest absolute Gasteiger partial charge is 0.353 e. The van der Waals surface area contributed by atoms with E-state index in [0.29, 0.717) is 17.5 Å². The Morgan fingerprint density at radius 1 is 1.30 bits per heavy atom. The van der Waals surface area contributed by atoms with Gasteiger partial charge in [-0.25, -0.2) is 9.97 Å². The Morgan fingerprint density at radius 3 is 2.75 bits per heavy atom. The second kappa shape index (κ2) is 5.72. The van der Waals surface area contributed by atoms with E-state index >= 15 is 0 Å². The molecular weight excluding hydrogens is 280 g/mol. The zero-order valence-electron chi connectivity index (χ0n) is 11.2.